The molecule has 128 valence electrons. The summed E-state index contributed by atoms with van der Waals surface area (Å²) in [6, 6.07) is 14.9. The first kappa shape index (κ1) is 16.9. The molecule has 5 heteroatoms. The van der Waals surface area contributed by atoms with Crippen molar-refractivity contribution in [1.29, 1.82) is 5.26 Å². The molecule has 1 saturated heterocycles. The van der Waals surface area contributed by atoms with Crippen LogP contribution in [0.5, 0.6) is 11.5 Å². The molecule has 0 amide bonds. The first-order valence-electron chi connectivity index (χ1n) is 8.30. The maximum absolute atomic E-state index is 9.84. The molecule has 3 N–H and O–H groups in total. The van der Waals surface area contributed by atoms with Gasteiger partial charge in [0.25, 0.3) is 0 Å². The van der Waals surface area contributed by atoms with Gasteiger partial charge in [0.05, 0.1) is 5.56 Å². The van der Waals surface area contributed by atoms with Gasteiger partial charge in [0.1, 0.15) is 17.6 Å². The molecule has 0 aliphatic carbocycles. The van der Waals surface area contributed by atoms with Gasteiger partial charge in [-0.05, 0) is 48.6 Å². The molecule has 3 rings (SSSR count). The summed E-state index contributed by atoms with van der Waals surface area (Å²) in [6.07, 6.45) is 6.41. The highest BCUT2D eigenvalue weighted by molar-refractivity contribution is 5.57. The standard InChI is InChI=1S/C20H21N3O2/c21-13-17-6-7-18(12-20(17)24)23-11-10-16(14-23)3-1-2-15-4-8-19(25-22)9-5-15/h1,3-9,12,16,24H,2,10-11,14,22H2/b3-1+. The molecule has 5 nitrogen and oxygen atoms in total. The predicted molar refractivity (Wildman–Crippen MR) is 97.2 cm³/mol. The molecule has 0 aromatic heterocycles. The topological polar surface area (TPSA) is 82.5 Å². The van der Waals surface area contributed by atoms with Crippen LogP contribution in [0.4, 0.5) is 5.69 Å². The Kier molecular flexibility index (Phi) is 5.22. The number of rotatable bonds is 5. The van der Waals surface area contributed by atoms with E-state index in [9.17, 15) is 5.11 Å². The number of benzene rings is 2. The number of anilines is 1. The summed E-state index contributed by atoms with van der Waals surface area (Å²) in [7, 11) is 0. The molecule has 0 saturated carbocycles. The van der Waals surface area contributed by atoms with Gasteiger partial charge in [-0.2, -0.15) is 11.2 Å². The summed E-state index contributed by atoms with van der Waals surface area (Å²) in [5, 5.41) is 18.7. The zero-order valence-electron chi connectivity index (χ0n) is 13.9. The molecule has 0 spiro atoms. The van der Waals surface area contributed by atoms with Crippen molar-refractivity contribution in [1.82, 2.24) is 0 Å². The molecular weight excluding hydrogens is 314 g/mol. The first-order chi connectivity index (χ1) is 12.2. The van der Waals surface area contributed by atoms with Gasteiger partial charge in [0, 0.05) is 24.8 Å². The molecule has 1 atom stereocenters. The largest absolute Gasteiger partial charge is 0.506 e. The van der Waals surface area contributed by atoms with Gasteiger partial charge in [-0.25, -0.2) is 0 Å². The lowest BCUT2D eigenvalue weighted by Crippen LogP contribution is -2.19. The minimum atomic E-state index is 0.0453. The van der Waals surface area contributed by atoms with Crippen LogP contribution in [0.1, 0.15) is 17.5 Å². The van der Waals surface area contributed by atoms with E-state index < -0.39 is 0 Å². The van der Waals surface area contributed by atoms with Crippen LogP contribution in [-0.4, -0.2) is 18.2 Å². The number of aromatic hydroxyl groups is 1. The maximum Gasteiger partial charge on any atom is 0.146 e. The van der Waals surface area contributed by atoms with Crippen LogP contribution >= 0.6 is 0 Å². The van der Waals surface area contributed by atoms with E-state index in [1.807, 2.05) is 36.4 Å². The highest BCUT2D eigenvalue weighted by Crippen LogP contribution is 2.29. The zero-order valence-corrected chi connectivity index (χ0v) is 13.9. The van der Waals surface area contributed by atoms with Crippen molar-refractivity contribution in [2.75, 3.05) is 18.0 Å². The van der Waals surface area contributed by atoms with E-state index in [2.05, 4.69) is 21.9 Å². The molecule has 1 unspecified atom stereocenters. The lowest BCUT2D eigenvalue weighted by Gasteiger charge is -2.18. The fraction of sp³-hybridized carbons (Fsp3) is 0.250. The summed E-state index contributed by atoms with van der Waals surface area (Å²) in [5.74, 6) is 6.31. The molecule has 1 heterocycles. The average molecular weight is 335 g/mol. The Morgan fingerprint density at radius 3 is 2.76 bits per heavy atom. The Morgan fingerprint density at radius 1 is 1.28 bits per heavy atom. The molecule has 1 aliphatic heterocycles. The fourth-order valence-electron chi connectivity index (χ4n) is 3.09. The highest BCUT2D eigenvalue weighted by Gasteiger charge is 2.21. The molecule has 0 bridgehead atoms. The fourth-order valence-corrected chi connectivity index (χ4v) is 3.09. The quantitative estimate of drug-likeness (QED) is 0.648. The monoisotopic (exact) mass is 335 g/mol. The molecular formula is C20H21N3O2. The van der Waals surface area contributed by atoms with Crippen LogP contribution in [0.3, 0.4) is 0 Å². The Labute approximate surface area is 147 Å². The SMILES string of the molecule is N#Cc1ccc(N2CCC(/C=C/Cc3ccc(ON)cc3)C2)cc1O. The summed E-state index contributed by atoms with van der Waals surface area (Å²) in [4.78, 5) is 6.91. The van der Waals surface area contributed by atoms with Crippen LogP contribution in [0.15, 0.2) is 54.6 Å². The van der Waals surface area contributed by atoms with Crippen LogP contribution in [0.25, 0.3) is 0 Å². The number of phenolic OH excluding ortho intramolecular Hbond substituents is 1. The summed E-state index contributed by atoms with van der Waals surface area (Å²) in [5.41, 5.74) is 2.49. The van der Waals surface area contributed by atoms with E-state index >= 15 is 0 Å². The van der Waals surface area contributed by atoms with E-state index in [0.717, 1.165) is 31.6 Å². The van der Waals surface area contributed by atoms with Gasteiger partial charge >= 0.3 is 0 Å². The normalized spacial score (nSPS) is 17.0. The summed E-state index contributed by atoms with van der Waals surface area (Å²) >= 11 is 0. The lowest BCUT2D eigenvalue weighted by atomic mass is 10.1. The van der Waals surface area contributed by atoms with Crippen molar-refractivity contribution in [2.45, 2.75) is 12.8 Å². The molecule has 2 aromatic rings. The second kappa shape index (κ2) is 7.73. The van der Waals surface area contributed by atoms with Gasteiger partial charge < -0.3 is 14.8 Å². The Balaban J connectivity index is 1.55. The second-order valence-corrected chi connectivity index (χ2v) is 6.20. The van der Waals surface area contributed by atoms with E-state index in [4.69, 9.17) is 11.2 Å². The lowest BCUT2D eigenvalue weighted by molar-refractivity contribution is 0.334. The van der Waals surface area contributed by atoms with Crippen molar-refractivity contribution in [2.24, 2.45) is 11.8 Å². The van der Waals surface area contributed by atoms with Gasteiger partial charge in [0.2, 0.25) is 0 Å². The number of hydrogen-bond acceptors (Lipinski definition) is 5. The summed E-state index contributed by atoms with van der Waals surface area (Å²) < 4.78 is 0. The molecule has 0 radical (unpaired) electrons. The van der Waals surface area contributed by atoms with Crippen molar-refractivity contribution >= 4 is 5.69 Å². The number of nitriles is 1. The molecule has 25 heavy (non-hydrogen) atoms. The maximum atomic E-state index is 9.84. The first-order valence-corrected chi connectivity index (χ1v) is 8.30. The van der Waals surface area contributed by atoms with Gasteiger partial charge in [-0.15, -0.1) is 0 Å². The predicted octanol–water partition coefficient (Wildman–Crippen LogP) is 3.14. The second-order valence-electron chi connectivity index (χ2n) is 6.20. The van der Waals surface area contributed by atoms with E-state index in [1.54, 1.807) is 12.1 Å². The van der Waals surface area contributed by atoms with Crippen LogP contribution in [-0.2, 0) is 6.42 Å². The van der Waals surface area contributed by atoms with E-state index in [-0.39, 0.29) is 5.75 Å². The van der Waals surface area contributed by atoms with Crippen molar-refractivity contribution in [3.63, 3.8) is 0 Å². The Bertz CT molecular complexity index is 794. The minimum absolute atomic E-state index is 0.0453. The molecule has 2 aromatic carbocycles. The van der Waals surface area contributed by atoms with Crippen LogP contribution < -0.4 is 15.6 Å². The summed E-state index contributed by atoms with van der Waals surface area (Å²) in [6.45, 7) is 1.87. The van der Waals surface area contributed by atoms with Gasteiger partial charge in [0.15, 0.2) is 0 Å². The number of nitrogens with two attached hydrogens (primary N) is 1. The number of hydrogen-bond donors (Lipinski definition) is 2. The van der Waals surface area contributed by atoms with Gasteiger partial charge in [-0.3, -0.25) is 0 Å². The third kappa shape index (κ3) is 4.11. The van der Waals surface area contributed by atoms with Crippen LogP contribution in [0, 0.1) is 17.2 Å². The van der Waals surface area contributed by atoms with Crippen molar-refractivity contribution in [3.8, 4) is 17.6 Å². The molecule has 1 fully saturated rings. The third-order valence-corrected chi connectivity index (χ3v) is 4.51. The highest BCUT2D eigenvalue weighted by atomic mass is 16.6. The Hall–Kier alpha value is -2.97. The number of allylic oxidation sites excluding steroid dienone is 1. The minimum Gasteiger partial charge on any atom is -0.506 e. The molecule has 1 aliphatic rings. The zero-order chi connectivity index (χ0) is 17.6. The smallest absolute Gasteiger partial charge is 0.146 e. The van der Waals surface area contributed by atoms with Crippen LogP contribution in [0.2, 0.25) is 0 Å². The van der Waals surface area contributed by atoms with Crippen molar-refractivity contribution < 1.29 is 9.94 Å². The average Bonchev–Trinajstić information content (AvgIpc) is 3.11. The van der Waals surface area contributed by atoms with Crippen molar-refractivity contribution in [3.05, 3.63) is 65.7 Å². The number of nitrogens with zero attached hydrogens (tertiary/aromatic N) is 2. The number of phenols is 1. The Morgan fingerprint density at radius 2 is 2.08 bits per heavy atom. The van der Waals surface area contributed by atoms with E-state index in [1.165, 1.54) is 5.56 Å². The van der Waals surface area contributed by atoms with E-state index in [0.29, 0.717) is 17.2 Å². The van der Waals surface area contributed by atoms with Gasteiger partial charge in [-0.1, -0.05) is 24.3 Å². The third-order valence-electron chi connectivity index (χ3n) is 4.51.